The zero-order valence-corrected chi connectivity index (χ0v) is 13.9. The van der Waals surface area contributed by atoms with Crippen molar-refractivity contribution in [1.29, 1.82) is 0 Å². The molecule has 0 fully saturated rings. The number of alkyl carbamates (subject to hydrolysis) is 1. The number of hydrogen-bond acceptors (Lipinski definition) is 3. The number of amides is 1. The van der Waals surface area contributed by atoms with Gasteiger partial charge >= 0.3 is 6.09 Å². The highest BCUT2D eigenvalue weighted by Gasteiger charge is 2.18. The molecule has 0 spiro atoms. The van der Waals surface area contributed by atoms with E-state index in [1.165, 1.54) is 0 Å². The molecule has 1 atom stereocenters. The Morgan fingerprint density at radius 1 is 1.41 bits per heavy atom. The van der Waals surface area contributed by atoms with Crippen molar-refractivity contribution in [2.45, 2.75) is 46.3 Å². The van der Waals surface area contributed by atoms with E-state index in [2.05, 4.69) is 15.6 Å². The molecular formula is C16H26N4O2. The second-order valence-electron chi connectivity index (χ2n) is 5.98. The Labute approximate surface area is 132 Å². The van der Waals surface area contributed by atoms with Gasteiger partial charge in [0.2, 0.25) is 0 Å². The molecule has 0 bridgehead atoms. The maximum Gasteiger partial charge on any atom is 0.408 e. The van der Waals surface area contributed by atoms with Crippen LogP contribution in [0.5, 0.6) is 0 Å². The lowest BCUT2D eigenvalue weighted by molar-refractivity contribution is 0.0508. The van der Waals surface area contributed by atoms with Gasteiger partial charge in [-0.15, -0.1) is 0 Å². The van der Waals surface area contributed by atoms with Crippen LogP contribution in [0.2, 0.25) is 0 Å². The third-order valence-corrected chi connectivity index (χ3v) is 2.72. The molecule has 0 heterocycles. The lowest BCUT2D eigenvalue weighted by Crippen LogP contribution is -2.34. The number of ether oxygens (including phenoxy) is 1. The van der Waals surface area contributed by atoms with E-state index < -0.39 is 11.7 Å². The molecule has 1 amide bonds. The highest BCUT2D eigenvalue weighted by Crippen LogP contribution is 2.18. The first-order valence-corrected chi connectivity index (χ1v) is 7.37. The molecule has 122 valence electrons. The molecule has 0 aromatic heterocycles. The van der Waals surface area contributed by atoms with Gasteiger partial charge in [0.05, 0.1) is 6.04 Å². The van der Waals surface area contributed by atoms with Gasteiger partial charge in [-0.2, -0.15) is 0 Å². The van der Waals surface area contributed by atoms with Crippen LogP contribution in [-0.2, 0) is 4.74 Å². The SMILES string of the molecule is CCN=C(N)Nc1cccc(C(C)NC(=O)OC(C)(C)C)c1. The van der Waals surface area contributed by atoms with Crippen molar-refractivity contribution in [2.75, 3.05) is 11.9 Å². The van der Waals surface area contributed by atoms with Crippen LogP contribution in [0.1, 0.15) is 46.2 Å². The smallest absolute Gasteiger partial charge is 0.408 e. The molecular weight excluding hydrogens is 280 g/mol. The number of aliphatic imine (C=N–C) groups is 1. The number of nitrogens with one attached hydrogen (secondary N) is 2. The molecule has 1 rings (SSSR count). The van der Waals surface area contributed by atoms with Crippen molar-refractivity contribution in [1.82, 2.24) is 5.32 Å². The van der Waals surface area contributed by atoms with Crippen LogP contribution in [0.15, 0.2) is 29.3 Å². The van der Waals surface area contributed by atoms with Crippen LogP contribution in [0.4, 0.5) is 10.5 Å². The number of carbonyl (C=O) groups is 1. The normalized spacial score (nSPS) is 13.4. The third-order valence-electron chi connectivity index (χ3n) is 2.72. The predicted molar refractivity (Wildman–Crippen MR) is 90.0 cm³/mol. The number of hydrogen-bond donors (Lipinski definition) is 3. The lowest BCUT2D eigenvalue weighted by Gasteiger charge is -2.22. The van der Waals surface area contributed by atoms with E-state index in [-0.39, 0.29) is 6.04 Å². The molecule has 0 aliphatic heterocycles. The Kier molecular flexibility index (Phi) is 6.22. The number of nitrogens with zero attached hydrogens (tertiary/aromatic N) is 1. The van der Waals surface area contributed by atoms with E-state index in [9.17, 15) is 4.79 Å². The van der Waals surface area contributed by atoms with Crippen LogP contribution in [0.3, 0.4) is 0 Å². The van der Waals surface area contributed by atoms with E-state index in [1.807, 2.05) is 58.9 Å². The zero-order valence-electron chi connectivity index (χ0n) is 13.9. The van der Waals surface area contributed by atoms with Crippen LogP contribution >= 0.6 is 0 Å². The number of guanidine groups is 1. The Morgan fingerprint density at radius 3 is 2.68 bits per heavy atom. The molecule has 22 heavy (non-hydrogen) atoms. The summed E-state index contributed by atoms with van der Waals surface area (Å²) in [7, 11) is 0. The number of anilines is 1. The molecule has 6 heteroatoms. The molecule has 0 radical (unpaired) electrons. The van der Waals surface area contributed by atoms with E-state index in [1.54, 1.807) is 0 Å². The minimum absolute atomic E-state index is 0.180. The van der Waals surface area contributed by atoms with E-state index >= 15 is 0 Å². The molecule has 1 unspecified atom stereocenters. The van der Waals surface area contributed by atoms with Gasteiger partial charge in [0.1, 0.15) is 5.60 Å². The summed E-state index contributed by atoms with van der Waals surface area (Å²) >= 11 is 0. The molecule has 0 aliphatic carbocycles. The van der Waals surface area contributed by atoms with Crippen molar-refractivity contribution in [2.24, 2.45) is 10.7 Å². The molecule has 1 aromatic rings. The zero-order chi connectivity index (χ0) is 16.8. The van der Waals surface area contributed by atoms with Crippen molar-refractivity contribution < 1.29 is 9.53 Å². The van der Waals surface area contributed by atoms with Crippen molar-refractivity contribution in [3.05, 3.63) is 29.8 Å². The summed E-state index contributed by atoms with van der Waals surface area (Å²) in [6.45, 7) is 9.92. The molecule has 6 nitrogen and oxygen atoms in total. The van der Waals surface area contributed by atoms with Gasteiger partial charge in [-0.25, -0.2) is 4.79 Å². The second-order valence-corrected chi connectivity index (χ2v) is 5.98. The third kappa shape index (κ3) is 6.47. The summed E-state index contributed by atoms with van der Waals surface area (Å²) in [4.78, 5) is 15.9. The maximum atomic E-state index is 11.8. The average molecular weight is 306 g/mol. The topological polar surface area (TPSA) is 88.7 Å². The molecule has 0 aliphatic rings. The van der Waals surface area contributed by atoms with Crippen molar-refractivity contribution in [3.8, 4) is 0 Å². The standard InChI is InChI=1S/C16H26N4O2/c1-6-18-14(17)20-13-9-7-8-12(10-13)11(2)19-15(21)22-16(3,4)5/h7-11H,6H2,1-5H3,(H,19,21)(H3,17,18,20). The van der Waals surface area contributed by atoms with Gasteiger partial charge < -0.3 is 21.1 Å². The van der Waals surface area contributed by atoms with E-state index in [0.29, 0.717) is 12.5 Å². The summed E-state index contributed by atoms with van der Waals surface area (Å²) in [6, 6.07) is 7.45. The Balaban J connectivity index is 2.72. The summed E-state index contributed by atoms with van der Waals surface area (Å²) in [5.74, 6) is 0.368. The number of nitrogens with two attached hydrogens (primary N) is 1. The Morgan fingerprint density at radius 2 is 2.09 bits per heavy atom. The fourth-order valence-corrected chi connectivity index (χ4v) is 1.81. The minimum Gasteiger partial charge on any atom is -0.444 e. The first-order chi connectivity index (χ1) is 10.2. The summed E-state index contributed by atoms with van der Waals surface area (Å²) in [5.41, 5.74) is 6.99. The largest absolute Gasteiger partial charge is 0.444 e. The van der Waals surface area contributed by atoms with Crippen LogP contribution in [0, 0.1) is 0 Å². The lowest BCUT2D eigenvalue weighted by atomic mass is 10.1. The average Bonchev–Trinajstić information content (AvgIpc) is 2.36. The van der Waals surface area contributed by atoms with E-state index in [0.717, 1.165) is 11.3 Å². The first kappa shape index (κ1) is 17.8. The van der Waals surface area contributed by atoms with Gasteiger partial charge in [0.15, 0.2) is 5.96 Å². The van der Waals surface area contributed by atoms with E-state index in [4.69, 9.17) is 10.5 Å². The van der Waals surface area contributed by atoms with Gasteiger partial charge in [-0.05, 0) is 52.3 Å². The number of benzene rings is 1. The van der Waals surface area contributed by atoms with Gasteiger partial charge in [0.25, 0.3) is 0 Å². The first-order valence-electron chi connectivity index (χ1n) is 7.37. The predicted octanol–water partition coefficient (Wildman–Crippen LogP) is 3.02. The van der Waals surface area contributed by atoms with Crippen molar-refractivity contribution >= 4 is 17.7 Å². The summed E-state index contributed by atoms with van der Waals surface area (Å²) < 4.78 is 5.25. The highest BCUT2D eigenvalue weighted by molar-refractivity contribution is 5.92. The molecule has 1 aromatic carbocycles. The van der Waals surface area contributed by atoms with Gasteiger partial charge in [-0.3, -0.25) is 4.99 Å². The second kappa shape index (κ2) is 7.68. The highest BCUT2D eigenvalue weighted by atomic mass is 16.6. The summed E-state index contributed by atoms with van der Waals surface area (Å²) in [6.07, 6.45) is -0.439. The molecule has 0 saturated carbocycles. The summed E-state index contributed by atoms with van der Waals surface area (Å²) in [5, 5.41) is 5.82. The fourth-order valence-electron chi connectivity index (χ4n) is 1.81. The Bertz CT molecular complexity index is 535. The molecule has 4 N–H and O–H groups in total. The molecule has 0 saturated heterocycles. The number of rotatable bonds is 4. The van der Waals surface area contributed by atoms with Crippen LogP contribution in [-0.4, -0.2) is 24.2 Å². The van der Waals surface area contributed by atoms with Crippen molar-refractivity contribution in [3.63, 3.8) is 0 Å². The van der Waals surface area contributed by atoms with Gasteiger partial charge in [0, 0.05) is 12.2 Å². The van der Waals surface area contributed by atoms with Crippen LogP contribution < -0.4 is 16.4 Å². The Hall–Kier alpha value is -2.24. The fraction of sp³-hybridized carbons (Fsp3) is 0.500. The monoisotopic (exact) mass is 306 g/mol. The van der Waals surface area contributed by atoms with Crippen LogP contribution in [0.25, 0.3) is 0 Å². The maximum absolute atomic E-state index is 11.8. The minimum atomic E-state index is -0.516. The van der Waals surface area contributed by atoms with Gasteiger partial charge in [-0.1, -0.05) is 12.1 Å². The quantitative estimate of drug-likeness (QED) is 0.589. The number of carbonyl (C=O) groups excluding carboxylic acids is 1.